The van der Waals surface area contributed by atoms with Crippen LogP contribution in [0.4, 0.5) is 0 Å². The topological polar surface area (TPSA) is 78.3 Å². The summed E-state index contributed by atoms with van der Waals surface area (Å²) in [5, 5.41) is 0. The first-order valence-electron chi connectivity index (χ1n) is 4.90. The van der Waals surface area contributed by atoms with Gasteiger partial charge >= 0.3 is 0 Å². The minimum atomic E-state index is -0.482. The fourth-order valence-electron chi connectivity index (χ4n) is 1.20. The van der Waals surface area contributed by atoms with Crippen molar-refractivity contribution in [3.63, 3.8) is 0 Å². The Bertz CT molecular complexity index is 322. The molecule has 15 heavy (non-hydrogen) atoms. The van der Waals surface area contributed by atoms with Crippen molar-refractivity contribution in [1.82, 2.24) is 0 Å². The van der Waals surface area contributed by atoms with Gasteiger partial charge in [0.15, 0.2) is 6.61 Å². The second-order valence-corrected chi connectivity index (χ2v) is 3.34. The molecule has 0 saturated carbocycles. The van der Waals surface area contributed by atoms with Gasteiger partial charge in [-0.25, -0.2) is 0 Å². The Hall–Kier alpha value is -1.55. The van der Waals surface area contributed by atoms with Crippen LogP contribution in [-0.4, -0.2) is 12.5 Å². The predicted molar refractivity (Wildman–Crippen MR) is 58.4 cm³/mol. The van der Waals surface area contributed by atoms with Crippen LogP contribution in [0.1, 0.15) is 24.9 Å². The largest absolute Gasteiger partial charge is 0.484 e. The second-order valence-electron chi connectivity index (χ2n) is 3.34. The first-order valence-corrected chi connectivity index (χ1v) is 4.90. The molecule has 4 heteroatoms. The Morgan fingerprint density at radius 2 is 2.00 bits per heavy atom. The standard InChI is InChI=1S/C11H16N2O2/c1-2-10(12)8-3-5-9(6-4-8)15-7-11(13)14/h3-6,10H,2,7,12H2,1H3,(H2,13,14)/t10-/m1/s1. The van der Waals surface area contributed by atoms with Crippen molar-refractivity contribution in [3.05, 3.63) is 29.8 Å². The summed E-state index contributed by atoms with van der Waals surface area (Å²) < 4.78 is 5.12. The highest BCUT2D eigenvalue weighted by Gasteiger charge is 2.03. The summed E-state index contributed by atoms with van der Waals surface area (Å²) in [5.41, 5.74) is 11.9. The zero-order valence-electron chi connectivity index (χ0n) is 8.77. The van der Waals surface area contributed by atoms with Crippen molar-refractivity contribution < 1.29 is 9.53 Å². The van der Waals surface area contributed by atoms with Crippen molar-refractivity contribution in [2.24, 2.45) is 11.5 Å². The Kier molecular flexibility index (Phi) is 4.12. The van der Waals surface area contributed by atoms with Gasteiger partial charge in [0.2, 0.25) is 0 Å². The van der Waals surface area contributed by atoms with E-state index in [0.29, 0.717) is 5.75 Å². The molecule has 4 nitrogen and oxygen atoms in total. The van der Waals surface area contributed by atoms with E-state index >= 15 is 0 Å². The van der Waals surface area contributed by atoms with Crippen LogP contribution < -0.4 is 16.2 Å². The summed E-state index contributed by atoms with van der Waals surface area (Å²) in [6.45, 7) is 1.93. The quantitative estimate of drug-likeness (QED) is 0.756. The maximum Gasteiger partial charge on any atom is 0.255 e. The van der Waals surface area contributed by atoms with Crippen LogP contribution in [-0.2, 0) is 4.79 Å². The van der Waals surface area contributed by atoms with Gasteiger partial charge in [-0.3, -0.25) is 4.79 Å². The van der Waals surface area contributed by atoms with Gasteiger partial charge in [-0.05, 0) is 24.1 Å². The number of primary amides is 1. The van der Waals surface area contributed by atoms with Crippen LogP contribution in [0.3, 0.4) is 0 Å². The van der Waals surface area contributed by atoms with Gasteiger partial charge in [0.25, 0.3) is 5.91 Å². The molecule has 0 radical (unpaired) electrons. The van der Waals surface area contributed by atoms with Gasteiger partial charge in [0, 0.05) is 6.04 Å². The number of carbonyl (C=O) groups excluding carboxylic acids is 1. The van der Waals surface area contributed by atoms with E-state index in [9.17, 15) is 4.79 Å². The molecule has 0 bridgehead atoms. The summed E-state index contributed by atoms with van der Waals surface area (Å²) in [6, 6.07) is 7.41. The highest BCUT2D eigenvalue weighted by atomic mass is 16.5. The monoisotopic (exact) mass is 208 g/mol. The molecule has 0 fully saturated rings. The molecule has 1 aromatic carbocycles. The normalized spacial score (nSPS) is 12.1. The van der Waals surface area contributed by atoms with Crippen molar-refractivity contribution in [1.29, 1.82) is 0 Å². The number of hydrogen-bond acceptors (Lipinski definition) is 3. The minimum absolute atomic E-state index is 0.0511. The highest BCUT2D eigenvalue weighted by molar-refractivity contribution is 5.75. The number of amides is 1. The maximum atomic E-state index is 10.5. The molecule has 0 aromatic heterocycles. The molecular weight excluding hydrogens is 192 g/mol. The molecule has 0 aliphatic carbocycles. The zero-order valence-corrected chi connectivity index (χ0v) is 8.77. The van der Waals surface area contributed by atoms with E-state index in [1.807, 2.05) is 19.1 Å². The van der Waals surface area contributed by atoms with Crippen molar-refractivity contribution in [2.75, 3.05) is 6.61 Å². The summed E-state index contributed by atoms with van der Waals surface area (Å²) in [5.74, 6) is 0.144. The number of benzene rings is 1. The second kappa shape index (κ2) is 5.36. The average molecular weight is 208 g/mol. The molecule has 1 atom stereocenters. The molecule has 0 aliphatic heterocycles. The van der Waals surface area contributed by atoms with Gasteiger partial charge in [0.05, 0.1) is 0 Å². The minimum Gasteiger partial charge on any atom is -0.484 e. The van der Waals surface area contributed by atoms with Gasteiger partial charge in [-0.2, -0.15) is 0 Å². The summed E-state index contributed by atoms with van der Waals surface area (Å²) in [7, 11) is 0. The van der Waals surface area contributed by atoms with Crippen LogP contribution in [0.5, 0.6) is 5.75 Å². The van der Waals surface area contributed by atoms with Gasteiger partial charge in [0.1, 0.15) is 5.75 Å². The molecule has 0 unspecified atom stereocenters. The lowest BCUT2D eigenvalue weighted by molar-refractivity contribution is -0.119. The van der Waals surface area contributed by atoms with E-state index in [0.717, 1.165) is 12.0 Å². The van der Waals surface area contributed by atoms with E-state index in [1.54, 1.807) is 12.1 Å². The summed E-state index contributed by atoms with van der Waals surface area (Å²) in [4.78, 5) is 10.5. The lowest BCUT2D eigenvalue weighted by Gasteiger charge is -2.10. The first kappa shape index (κ1) is 11.5. The third-order valence-corrected chi connectivity index (χ3v) is 2.13. The lowest BCUT2D eigenvalue weighted by atomic mass is 10.1. The molecule has 4 N–H and O–H groups in total. The molecule has 1 rings (SSSR count). The fraction of sp³-hybridized carbons (Fsp3) is 0.364. The van der Waals surface area contributed by atoms with Crippen LogP contribution in [0.2, 0.25) is 0 Å². The average Bonchev–Trinajstić information content (AvgIpc) is 2.26. The zero-order chi connectivity index (χ0) is 11.3. The number of carbonyl (C=O) groups is 1. The summed E-state index contributed by atoms with van der Waals surface area (Å²) in [6.07, 6.45) is 0.890. The molecule has 82 valence electrons. The maximum absolute atomic E-state index is 10.5. The Balaban J connectivity index is 2.60. The van der Waals surface area contributed by atoms with Crippen LogP contribution in [0.15, 0.2) is 24.3 Å². The summed E-state index contributed by atoms with van der Waals surface area (Å²) >= 11 is 0. The molecule has 0 aliphatic rings. The van der Waals surface area contributed by atoms with Crippen LogP contribution in [0, 0.1) is 0 Å². The van der Waals surface area contributed by atoms with Crippen LogP contribution in [0.25, 0.3) is 0 Å². The lowest BCUT2D eigenvalue weighted by Crippen LogP contribution is -2.20. The molecule has 0 heterocycles. The highest BCUT2D eigenvalue weighted by Crippen LogP contribution is 2.17. The van der Waals surface area contributed by atoms with E-state index in [-0.39, 0.29) is 12.6 Å². The molecule has 0 spiro atoms. The SMILES string of the molecule is CC[C@@H](N)c1ccc(OCC(N)=O)cc1. The molecule has 1 aromatic rings. The molecular formula is C11H16N2O2. The van der Waals surface area contributed by atoms with Crippen molar-refractivity contribution >= 4 is 5.91 Å². The molecule has 1 amide bonds. The van der Waals surface area contributed by atoms with Crippen molar-refractivity contribution in [3.8, 4) is 5.75 Å². The predicted octanol–water partition coefficient (Wildman–Crippen LogP) is 0.960. The van der Waals surface area contributed by atoms with Crippen molar-refractivity contribution in [2.45, 2.75) is 19.4 Å². The van der Waals surface area contributed by atoms with Crippen LogP contribution >= 0.6 is 0 Å². The third-order valence-electron chi connectivity index (χ3n) is 2.13. The number of rotatable bonds is 5. The smallest absolute Gasteiger partial charge is 0.255 e. The van der Waals surface area contributed by atoms with Gasteiger partial charge < -0.3 is 16.2 Å². The Labute approximate surface area is 89.2 Å². The van der Waals surface area contributed by atoms with Gasteiger partial charge in [-0.15, -0.1) is 0 Å². The third kappa shape index (κ3) is 3.59. The van der Waals surface area contributed by atoms with E-state index in [4.69, 9.17) is 16.2 Å². The van der Waals surface area contributed by atoms with Gasteiger partial charge in [-0.1, -0.05) is 19.1 Å². The van der Waals surface area contributed by atoms with E-state index in [1.165, 1.54) is 0 Å². The number of hydrogen-bond donors (Lipinski definition) is 2. The Morgan fingerprint density at radius 1 is 1.40 bits per heavy atom. The Morgan fingerprint density at radius 3 is 2.47 bits per heavy atom. The number of ether oxygens (including phenoxy) is 1. The fourth-order valence-corrected chi connectivity index (χ4v) is 1.20. The van der Waals surface area contributed by atoms with E-state index in [2.05, 4.69) is 0 Å². The number of nitrogens with two attached hydrogens (primary N) is 2. The first-order chi connectivity index (χ1) is 7.13. The molecule has 0 saturated heterocycles. The van der Waals surface area contributed by atoms with E-state index < -0.39 is 5.91 Å².